The number of aryl methyl sites for hydroxylation is 1. The van der Waals surface area contributed by atoms with E-state index in [0.29, 0.717) is 29.6 Å². The summed E-state index contributed by atoms with van der Waals surface area (Å²) in [5.41, 5.74) is 4.52. The second-order valence-electron chi connectivity index (χ2n) is 17.8. The third-order valence-electron chi connectivity index (χ3n) is 12.5. The fraction of sp³-hybridized carbons (Fsp3) is 0.535. The zero-order chi connectivity index (χ0) is 40.0. The number of carbonyl (C=O) groups is 1. The van der Waals surface area contributed by atoms with E-state index in [1.807, 2.05) is 74.6 Å². The van der Waals surface area contributed by atoms with Crippen molar-refractivity contribution in [2.45, 2.75) is 91.2 Å². The number of carboxylic acid groups (broad SMARTS) is 1. The van der Waals surface area contributed by atoms with Gasteiger partial charge in [-0.15, -0.1) is 10.2 Å². The van der Waals surface area contributed by atoms with Gasteiger partial charge in [-0.25, -0.2) is 14.8 Å². The van der Waals surface area contributed by atoms with Crippen LogP contribution in [-0.2, 0) is 11.3 Å². The topological polar surface area (TPSA) is 155 Å². The van der Waals surface area contributed by atoms with E-state index < -0.39 is 5.97 Å². The number of hydrogen-bond donors (Lipinski definition) is 4. The summed E-state index contributed by atoms with van der Waals surface area (Å²) >= 11 is 1.56. The Morgan fingerprint density at radius 2 is 1.68 bits per heavy atom. The van der Waals surface area contributed by atoms with E-state index in [-0.39, 0.29) is 27.5 Å². The number of nitrogens with one attached hydrogen (secondary N) is 3. The summed E-state index contributed by atoms with van der Waals surface area (Å²) in [7, 11) is 3.92. The average Bonchev–Trinajstić information content (AvgIpc) is 3.72. The Balaban J connectivity index is 1.07. The van der Waals surface area contributed by atoms with Crippen LogP contribution in [0.5, 0.6) is 0 Å². The summed E-state index contributed by atoms with van der Waals surface area (Å²) < 4.78 is 9.99. The number of hydrogen-bond acceptors (Lipinski definition) is 12. The molecule has 4 aromatic heterocycles. The van der Waals surface area contributed by atoms with E-state index in [1.165, 1.54) is 6.42 Å². The minimum Gasteiger partial charge on any atom is -0.476 e. The van der Waals surface area contributed by atoms with Gasteiger partial charge in [0, 0.05) is 36.5 Å². The molecule has 4 aliphatic carbocycles. The number of unbranched alkanes of at least 4 members (excludes halogenated alkanes) is 1. The first-order valence-corrected chi connectivity index (χ1v) is 21.1. The highest BCUT2D eigenvalue weighted by molar-refractivity contribution is 7.22. The molecule has 9 rings (SSSR count). The predicted molar refractivity (Wildman–Crippen MR) is 226 cm³/mol. The van der Waals surface area contributed by atoms with E-state index in [9.17, 15) is 9.90 Å². The largest absolute Gasteiger partial charge is 0.476 e. The highest BCUT2D eigenvalue weighted by atomic mass is 32.1. The Hall–Kier alpha value is -4.50. The highest BCUT2D eigenvalue weighted by Crippen LogP contribution is 2.72. The molecule has 2 unspecified atom stereocenters. The predicted octanol–water partition coefficient (Wildman–Crippen LogP) is 7.90. The van der Waals surface area contributed by atoms with Gasteiger partial charge in [0.1, 0.15) is 5.82 Å². The van der Waals surface area contributed by atoms with Crippen LogP contribution in [0.25, 0.3) is 21.3 Å². The minimum absolute atomic E-state index is 0.0131. The van der Waals surface area contributed by atoms with Crippen LogP contribution in [0.2, 0.25) is 0 Å². The number of carboxylic acids is 1. The zero-order valence-corrected chi connectivity index (χ0v) is 34.9. The first kappa shape index (κ1) is 39.3. The normalized spacial score (nSPS) is 25.0. The molecule has 0 radical (unpaired) electrons. The van der Waals surface area contributed by atoms with Crippen molar-refractivity contribution < 1.29 is 14.6 Å². The van der Waals surface area contributed by atoms with Crippen LogP contribution in [0, 0.1) is 30.1 Å². The van der Waals surface area contributed by atoms with Crippen LogP contribution in [0.4, 0.5) is 22.6 Å². The molecule has 0 aliphatic heterocycles. The molecule has 0 saturated heterocycles. The third kappa shape index (κ3) is 7.89. The van der Waals surface area contributed by atoms with Gasteiger partial charge >= 0.3 is 5.97 Å². The summed E-state index contributed by atoms with van der Waals surface area (Å²) in [4.78, 5) is 24.5. The summed E-state index contributed by atoms with van der Waals surface area (Å²) in [6, 6.07) is 13.8. The molecule has 4 heterocycles. The van der Waals surface area contributed by atoms with Crippen molar-refractivity contribution in [1.29, 1.82) is 0 Å². The number of benzene rings is 1. The van der Waals surface area contributed by atoms with E-state index >= 15 is 0 Å². The molecular weight excluding hydrogens is 737 g/mol. The Kier molecular flexibility index (Phi) is 10.6. The SMILES string of the molecule is CNCCCCN(c1cc(C)c(Nc2nc3ccccc3s2)nn1)c1ccc(-c2cnn(CC34CC5(OCCNC)C[C@](C)(C3)C[C@](C)(C4)C5)c2C)c(C(=O)O)n1. The number of ether oxygens (including phenoxy) is 1. The van der Waals surface area contributed by atoms with Crippen LogP contribution in [0.3, 0.4) is 0 Å². The Bertz CT molecular complexity index is 2220. The molecule has 5 aromatic rings. The molecule has 57 heavy (non-hydrogen) atoms. The van der Waals surface area contributed by atoms with Crippen LogP contribution < -0.4 is 20.9 Å². The number of aromatic nitrogens is 6. The smallest absolute Gasteiger partial charge is 0.355 e. The van der Waals surface area contributed by atoms with Gasteiger partial charge in [0.25, 0.3) is 0 Å². The molecule has 14 heteroatoms. The quantitative estimate of drug-likeness (QED) is 0.0677. The first-order valence-electron chi connectivity index (χ1n) is 20.3. The summed E-state index contributed by atoms with van der Waals surface area (Å²) in [5.74, 6) is 0.625. The van der Waals surface area contributed by atoms with Crippen molar-refractivity contribution in [3.05, 3.63) is 65.6 Å². The molecule has 302 valence electrons. The number of aromatic carboxylic acids is 1. The average molecular weight is 793 g/mol. The van der Waals surface area contributed by atoms with E-state index in [2.05, 4.69) is 51.6 Å². The molecule has 0 spiro atoms. The van der Waals surface area contributed by atoms with Gasteiger partial charge in [-0.05, 0) is 138 Å². The lowest BCUT2D eigenvalue weighted by molar-refractivity contribution is -0.247. The van der Waals surface area contributed by atoms with Crippen LogP contribution in [0.15, 0.2) is 48.7 Å². The molecule has 4 aliphatic rings. The molecule has 0 amide bonds. The van der Waals surface area contributed by atoms with Crippen molar-refractivity contribution in [2.24, 2.45) is 16.2 Å². The second-order valence-corrected chi connectivity index (χ2v) is 18.8. The molecule has 4 fully saturated rings. The fourth-order valence-corrected chi connectivity index (χ4v) is 12.2. The summed E-state index contributed by atoms with van der Waals surface area (Å²) in [5, 5.41) is 35.3. The molecule has 13 nitrogen and oxygen atoms in total. The van der Waals surface area contributed by atoms with Crippen LogP contribution >= 0.6 is 11.3 Å². The zero-order valence-electron chi connectivity index (χ0n) is 34.1. The van der Waals surface area contributed by atoms with Crippen molar-refractivity contribution >= 4 is 50.1 Å². The maximum Gasteiger partial charge on any atom is 0.355 e. The van der Waals surface area contributed by atoms with Crippen LogP contribution in [-0.4, -0.2) is 87.0 Å². The lowest BCUT2D eigenvalue weighted by Crippen LogP contribution is -2.64. The number of likely N-dealkylation sites (N-methyl/N-ethyl adjacent to an activating group) is 1. The number of nitrogens with zero attached hydrogens (tertiary/aromatic N) is 7. The van der Waals surface area contributed by atoms with Crippen LogP contribution in [0.1, 0.15) is 87.0 Å². The monoisotopic (exact) mass is 792 g/mol. The molecular formula is C43H56N10O3S. The summed E-state index contributed by atoms with van der Waals surface area (Å²) in [6.45, 7) is 12.8. The highest BCUT2D eigenvalue weighted by Gasteiger charge is 2.66. The second kappa shape index (κ2) is 15.3. The van der Waals surface area contributed by atoms with Crippen molar-refractivity contribution in [1.82, 2.24) is 40.6 Å². The van der Waals surface area contributed by atoms with Gasteiger partial charge in [0.05, 0.1) is 28.6 Å². The number of rotatable bonds is 17. The maximum absolute atomic E-state index is 13.0. The standard InChI is InChI=1S/C43H56N10O3S/c1-28-19-35(50-51-37(28)49-39-47-32-11-7-8-12-33(32)57-39)52(17-10-9-15-44-5)34-14-13-30(36(48-34)38(54)55)31-20-46-53(29(31)2)27-42-22-40(3)21-41(4,23-42)25-43(24-40,26-42)56-18-16-45-6/h7-8,11-14,19-20,44-45H,9-10,15-18,21-27H2,1-6H3,(H,54,55)(H,47,49,51)/t40-,41+,42?,43?. The number of thiazole rings is 1. The molecule has 4 N–H and O–H groups in total. The van der Waals surface area contributed by atoms with E-state index in [4.69, 9.17) is 19.8 Å². The number of fused-ring (bicyclic) bond motifs is 1. The van der Waals surface area contributed by atoms with Gasteiger partial charge in [0.2, 0.25) is 0 Å². The van der Waals surface area contributed by atoms with Crippen molar-refractivity contribution in [2.75, 3.05) is 50.6 Å². The molecule has 4 atom stereocenters. The molecule has 1 aromatic carbocycles. The lowest BCUT2D eigenvalue weighted by Gasteiger charge is -2.69. The first-order chi connectivity index (χ1) is 27.3. The number of pyridine rings is 1. The maximum atomic E-state index is 13.0. The summed E-state index contributed by atoms with van der Waals surface area (Å²) in [6.07, 6.45) is 10.4. The van der Waals surface area contributed by atoms with Gasteiger partial charge in [-0.1, -0.05) is 37.3 Å². The van der Waals surface area contributed by atoms with Gasteiger partial charge in [-0.3, -0.25) is 4.68 Å². The number of para-hydroxylation sites is 1. The lowest BCUT2D eigenvalue weighted by atomic mass is 9.39. The van der Waals surface area contributed by atoms with E-state index in [0.717, 1.165) is 103 Å². The van der Waals surface area contributed by atoms with Gasteiger partial charge in [0.15, 0.2) is 22.5 Å². The number of anilines is 4. The molecule has 4 saturated carbocycles. The Morgan fingerprint density at radius 3 is 2.40 bits per heavy atom. The van der Waals surface area contributed by atoms with Gasteiger partial charge < -0.3 is 30.7 Å². The van der Waals surface area contributed by atoms with E-state index in [1.54, 1.807) is 11.3 Å². The van der Waals surface area contributed by atoms with Crippen molar-refractivity contribution in [3.8, 4) is 11.1 Å². The van der Waals surface area contributed by atoms with Gasteiger partial charge in [-0.2, -0.15) is 5.10 Å². The molecule has 4 bridgehead atoms. The van der Waals surface area contributed by atoms with Crippen molar-refractivity contribution in [3.63, 3.8) is 0 Å². The fourth-order valence-electron chi connectivity index (χ4n) is 11.4. The Labute approximate surface area is 339 Å². The third-order valence-corrected chi connectivity index (χ3v) is 13.4. The Morgan fingerprint density at radius 1 is 0.912 bits per heavy atom. The minimum atomic E-state index is -1.09.